The SMILES string of the molecule is Cc1c(C(C)NC(=O)CNS(=O)(=O)c2ccc(Cl)s2)oc2ccc(F)cc12. The zero-order chi connectivity index (χ0) is 19.8. The molecule has 0 bridgehead atoms. The molecule has 0 aliphatic carbocycles. The van der Waals surface area contributed by atoms with E-state index in [9.17, 15) is 17.6 Å². The van der Waals surface area contributed by atoms with E-state index < -0.39 is 28.5 Å². The van der Waals surface area contributed by atoms with Gasteiger partial charge in [-0.25, -0.2) is 17.5 Å². The second-order valence-electron chi connectivity index (χ2n) is 5.90. The van der Waals surface area contributed by atoms with Gasteiger partial charge in [0.25, 0.3) is 10.0 Å². The van der Waals surface area contributed by atoms with Crippen LogP contribution in [0.5, 0.6) is 0 Å². The number of carbonyl (C=O) groups excluding carboxylic acids is 1. The first-order chi connectivity index (χ1) is 12.7. The minimum atomic E-state index is -3.81. The summed E-state index contributed by atoms with van der Waals surface area (Å²) in [4.78, 5) is 12.1. The number of sulfonamides is 1. The van der Waals surface area contributed by atoms with Crippen LogP contribution in [0, 0.1) is 12.7 Å². The topological polar surface area (TPSA) is 88.4 Å². The minimum Gasteiger partial charge on any atom is -0.459 e. The summed E-state index contributed by atoms with van der Waals surface area (Å²) in [5.41, 5.74) is 1.23. The van der Waals surface area contributed by atoms with Crippen molar-refractivity contribution < 1.29 is 22.0 Å². The van der Waals surface area contributed by atoms with Gasteiger partial charge < -0.3 is 9.73 Å². The Hall–Kier alpha value is -1.94. The second-order valence-corrected chi connectivity index (χ2v) is 9.61. The molecule has 0 fully saturated rings. The third kappa shape index (κ3) is 4.32. The molecular formula is C17H16ClFN2O4S2. The van der Waals surface area contributed by atoms with Crippen LogP contribution < -0.4 is 10.0 Å². The van der Waals surface area contributed by atoms with Crippen molar-refractivity contribution in [2.75, 3.05) is 6.54 Å². The van der Waals surface area contributed by atoms with Gasteiger partial charge in [-0.15, -0.1) is 11.3 Å². The number of aryl methyl sites for hydroxylation is 1. The normalized spacial score (nSPS) is 13.0. The zero-order valence-electron chi connectivity index (χ0n) is 14.4. The molecule has 144 valence electrons. The number of furan rings is 1. The summed E-state index contributed by atoms with van der Waals surface area (Å²) >= 11 is 6.64. The maximum atomic E-state index is 13.4. The van der Waals surface area contributed by atoms with Crippen molar-refractivity contribution in [2.24, 2.45) is 0 Å². The molecule has 1 aromatic carbocycles. The van der Waals surface area contributed by atoms with E-state index >= 15 is 0 Å². The molecule has 3 rings (SSSR count). The molecule has 0 saturated carbocycles. The van der Waals surface area contributed by atoms with Crippen LogP contribution in [0.1, 0.15) is 24.3 Å². The summed E-state index contributed by atoms with van der Waals surface area (Å²) in [5, 5.41) is 3.29. The molecule has 0 saturated heterocycles. The maximum absolute atomic E-state index is 13.4. The lowest BCUT2D eigenvalue weighted by molar-refractivity contribution is -0.120. The predicted molar refractivity (Wildman–Crippen MR) is 102 cm³/mol. The molecule has 0 aliphatic rings. The Kier molecular flexibility index (Phi) is 5.57. The van der Waals surface area contributed by atoms with E-state index in [2.05, 4.69) is 10.0 Å². The molecule has 0 aliphatic heterocycles. The highest BCUT2D eigenvalue weighted by Crippen LogP contribution is 2.30. The number of fused-ring (bicyclic) bond motifs is 1. The second kappa shape index (κ2) is 7.59. The van der Waals surface area contributed by atoms with Gasteiger partial charge in [-0.1, -0.05) is 11.6 Å². The first kappa shape index (κ1) is 19.8. The van der Waals surface area contributed by atoms with Gasteiger partial charge in [-0.2, -0.15) is 0 Å². The van der Waals surface area contributed by atoms with Crippen LogP contribution in [0.3, 0.4) is 0 Å². The lowest BCUT2D eigenvalue weighted by Gasteiger charge is -2.13. The maximum Gasteiger partial charge on any atom is 0.250 e. The van der Waals surface area contributed by atoms with Gasteiger partial charge >= 0.3 is 0 Å². The molecule has 3 aromatic rings. The molecule has 0 radical (unpaired) electrons. The summed E-state index contributed by atoms with van der Waals surface area (Å²) in [6.07, 6.45) is 0. The van der Waals surface area contributed by atoms with E-state index in [-0.39, 0.29) is 10.0 Å². The molecule has 1 amide bonds. The van der Waals surface area contributed by atoms with Gasteiger partial charge in [0.15, 0.2) is 0 Å². The summed E-state index contributed by atoms with van der Waals surface area (Å²) in [7, 11) is -3.81. The molecule has 2 N–H and O–H groups in total. The van der Waals surface area contributed by atoms with Gasteiger partial charge in [0.2, 0.25) is 5.91 Å². The monoisotopic (exact) mass is 430 g/mol. The van der Waals surface area contributed by atoms with Crippen LogP contribution in [0.2, 0.25) is 4.34 Å². The summed E-state index contributed by atoms with van der Waals surface area (Å²) < 4.78 is 45.9. The van der Waals surface area contributed by atoms with Crippen LogP contribution in [-0.2, 0) is 14.8 Å². The van der Waals surface area contributed by atoms with E-state index in [0.29, 0.717) is 26.6 Å². The van der Waals surface area contributed by atoms with Crippen molar-refractivity contribution in [1.29, 1.82) is 0 Å². The number of benzene rings is 1. The standard InChI is InChI=1S/C17H16ClFN2O4S2/c1-9-12-7-11(19)3-4-13(12)25-17(9)10(2)21-15(22)8-20-27(23,24)16-6-5-14(18)26-16/h3-7,10,20H,8H2,1-2H3,(H,21,22). The number of thiophene rings is 1. The van der Waals surface area contributed by atoms with Gasteiger partial charge in [-0.3, -0.25) is 4.79 Å². The highest BCUT2D eigenvalue weighted by atomic mass is 35.5. The van der Waals surface area contributed by atoms with Crippen LogP contribution in [-0.4, -0.2) is 20.9 Å². The van der Waals surface area contributed by atoms with E-state index in [1.165, 1.54) is 30.3 Å². The smallest absolute Gasteiger partial charge is 0.250 e. The average molecular weight is 431 g/mol. The van der Waals surface area contributed by atoms with Crippen LogP contribution in [0.15, 0.2) is 39.0 Å². The van der Waals surface area contributed by atoms with Gasteiger partial charge in [0.1, 0.15) is 21.4 Å². The molecule has 0 spiro atoms. The van der Waals surface area contributed by atoms with Crippen molar-refractivity contribution in [3.05, 3.63) is 51.8 Å². The van der Waals surface area contributed by atoms with Crippen LogP contribution in [0.25, 0.3) is 11.0 Å². The predicted octanol–water partition coefficient (Wildman–Crippen LogP) is 3.75. The van der Waals surface area contributed by atoms with E-state index in [4.69, 9.17) is 16.0 Å². The molecular weight excluding hydrogens is 415 g/mol. The number of halogens is 2. The molecule has 2 aromatic heterocycles. The number of carbonyl (C=O) groups is 1. The summed E-state index contributed by atoms with van der Waals surface area (Å²) in [5.74, 6) is -0.422. The first-order valence-corrected chi connectivity index (χ1v) is 10.6. The largest absolute Gasteiger partial charge is 0.459 e. The minimum absolute atomic E-state index is 0.0310. The third-order valence-corrected chi connectivity index (χ3v) is 7.07. The number of hydrogen-bond donors (Lipinski definition) is 2. The Morgan fingerprint density at radius 2 is 2.07 bits per heavy atom. The van der Waals surface area contributed by atoms with Crippen molar-refractivity contribution >= 4 is 49.8 Å². The number of hydrogen-bond acceptors (Lipinski definition) is 5. The van der Waals surface area contributed by atoms with Gasteiger partial charge in [-0.05, 0) is 44.2 Å². The molecule has 10 heteroatoms. The average Bonchev–Trinajstić information content (AvgIpc) is 3.18. The Morgan fingerprint density at radius 3 is 2.74 bits per heavy atom. The van der Waals surface area contributed by atoms with E-state index in [0.717, 1.165) is 11.3 Å². The highest BCUT2D eigenvalue weighted by Gasteiger charge is 2.21. The van der Waals surface area contributed by atoms with E-state index in [1.807, 2.05) is 0 Å². The fourth-order valence-corrected chi connectivity index (χ4v) is 5.17. The molecule has 1 atom stereocenters. The number of amides is 1. The number of nitrogens with one attached hydrogen (secondary N) is 2. The first-order valence-electron chi connectivity index (χ1n) is 7.90. The lowest BCUT2D eigenvalue weighted by atomic mass is 10.1. The highest BCUT2D eigenvalue weighted by molar-refractivity contribution is 7.91. The Labute approximate surface area is 164 Å². The van der Waals surface area contributed by atoms with Crippen molar-refractivity contribution in [3.63, 3.8) is 0 Å². The third-order valence-electron chi connectivity index (χ3n) is 3.94. The van der Waals surface area contributed by atoms with Gasteiger partial charge in [0.05, 0.1) is 16.9 Å². The zero-order valence-corrected chi connectivity index (χ0v) is 16.8. The molecule has 27 heavy (non-hydrogen) atoms. The Bertz CT molecular complexity index is 1110. The molecule has 1 unspecified atom stereocenters. The van der Waals surface area contributed by atoms with Crippen LogP contribution >= 0.6 is 22.9 Å². The number of rotatable bonds is 6. The van der Waals surface area contributed by atoms with Crippen molar-refractivity contribution in [3.8, 4) is 0 Å². The van der Waals surface area contributed by atoms with Crippen LogP contribution in [0.4, 0.5) is 4.39 Å². The molecule has 2 heterocycles. The summed E-state index contributed by atoms with van der Waals surface area (Å²) in [6.45, 7) is 3.04. The lowest BCUT2D eigenvalue weighted by Crippen LogP contribution is -2.37. The van der Waals surface area contributed by atoms with Crippen molar-refractivity contribution in [2.45, 2.75) is 24.1 Å². The van der Waals surface area contributed by atoms with Gasteiger partial charge in [0, 0.05) is 10.9 Å². The Balaban J connectivity index is 1.67. The molecule has 6 nitrogen and oxygen atoms in total. The fraction of sp³-hybridized carbons (Fsp3) is 0.235. The fourth-order valence-electron chi connectivity index (χ4n) is 2.66. The summed E-state index contributed by atoms with van der Waals surface area (Å²) in [6, 6.07) is 6.50. The quantitative estimate of drug-likeness (QED) is 0.623. The van der Waals surface area contributed by atoms with E-state index in [1.54, 1.807) is 13.8 Å². The Morgan fingerprint density at radius 1 is 1.33 bits per heavy atom. The van der Waals surface area contributed by atoms with Crippen molar-refractivity contribution in [1.82, 2.24) is 10.0 Å².